The Kier molecular flexibility index (Phi) is 10.4. The zero-order valence-corrected chi connectivity index (χ0v) is 22.0. The number of likely N-dealkylation sites (tertiary alicyclic amines) is 1. The van der Waals surface area contributed by atoms with Gasteiger partial charge in [0.25, 0.3) is 11.7 Å². The number of primary amides is 1. The van der Waals surface area contributed by atoms with Gasteiger partial charge in [-0.1, -0.05) is 33.3 Å². The van der Waals surface area contributed by atoms with Crippen LogP contribution in [0.15, 0.2) is 12.7 Å². The predicted octanol–water partition coefficient (Wildman–Crippen LogP) is 0.767. The normalized spacial score (nSPS) is 22.5. The molecule has 0 aromatic rings. The van der Waals surface area contributed by atoms with E-state index in [9.17, 15) is 24.0 Å². The van der Waals surface area contributed by atoms with Crippen molar-refractivity contribution < 1.29 is 24.0 Å². The molecule has 1 aliphatic heterocycles. The molecule has 10 nitrogen and oxygen atoms in total. The van der Waals surface area contributed by atoms with Crippen LogP contribution in [0.2, 0.25) is 0 Å². The minimum Gasteiger partial charge on any atom is -0.352 e. The third-order valence-electron chi connectivity index (χ3n) is 6.51. The molecule has 0 radical (unpaired) electrons. The number of nitrogens with two attached hydrogens (primary N) is 1. The van der Waals surface area contributed by atoms with Crippen LogP contribution in [-0.4, -0.2) is 70.7 Å². The van der Waals surface area contributed by atoms with Crippen LogP contribution in [0, 0.1) is 29.6 Å². The fourth-order valence-electron chi connectivity index (χ4n) is 4.83. The number of carbonyl (C=O) groups is 5. The third-order valence-corrected chi connectivity index (χ3v) is 7.62. The summed E-state index contributed by atoms with van der Waals surface area (Å²) >= 11 is 1.07. The Hall–Kier alpha value is -3.00. The van der Waals surface area contributed by atoms with E-state index in [2.05, 4.69) is 28.4 Å². The minimum atomic E-state index is -1.16. The van der Waals surface area contributed by atoms with Gasteiger partial charge in [0.1, 0.15) is 17.5 Å². The van der Waals surface area contributed by atoms with E-state index in [1.54, 1.807) is 20.8 Å². The van der Waals surface area contributed by atoms with Gasteiger partial charge in [-0.25, -0.2) is 4.79 Å². The zero-order valence-electron chi connectivity index (χ0n) is 21.2. The fraction of sp³-hybridized carbons (Fsp3) is 0.640. The van der Waals surface area contributed by atoms with E-state index in [0.717, 1.165) is 31.0 Å². The predicted molar refractivity (Wildman–Crippen MR) is 138 cm³/mol. The maximum Gasteiger partial charge on any atom is 0.312 e. The van der Waals surface area contributed by atoms with Gasteiger partial charge in [-0.05, 0) is 30.1 Å². The number of urea groups is 1. The molecule has 1 saturated heterocycles. The average Bonchev–Trinajstić information content (AvgIpc) is 3.40. The summed E-state index contributed by atoms with van der Waals surface area (Å²) in [6, 6.07) is -2.59. The first-order chi connectivity index (χ1) is 16.9. The molecule has 2 rings (SSSR count). The first kappa shape index (κ1) is 29.2. The molecule has 1 saturated carbocycles. The highest BCUT2D eigenvalue weighted by Crippen LogP contribution is 2.43. The van der Waals surface area contributed by atoms with Gasteiger partial charge in [0.05, 0.1) is 0 Å². The molecule has 0 aromatic heterocycles. The van der Waals surface area contributed by atoms with Gasteiger partial charge in [0.2, 0.25) is 11.8 Å². The van der Waals surface area contributed by atoms with Gasteiger partial charge >= 0.3 is 6.03 Å². The average molecular weight is 520 g/mol. The molecular weight excluding hydrogens is 482 g/mol. The first-order valence-electron chi connectivity index (χ1n) is 12.1. The fourth-order valence-corrected chi connectivity index (χ4v) is 5.76. The molecular formula is C25H37N5O5S. The van der Waals surface area contributed by atoms with Crippen molar-refractivity contribution in [2.45, 2.75) is 63.9 Å². The van der Waals surface area contributed by atoms with Crippen molar-refractivity contribution in [3.8, 4) is 12.3 Å². The lowest BCUT2D eigenvalue weighted by Crippen LogP contribution is -2.60. The van der Waals surface area contributed by atoms with E-state index in [-0.39, 0.29) is 18.4 Å². The van der Waals surface area contributed by atoms with Gasteiger partial charge in [-0.3, -0.25) is 19.2 Å². The Bertz CT molecular complexity index is 925. The highest BCUT2D eigenvalue weighted by Gasteiger charge is 2.52. The smallest absolute Gasteiger partial charge is 0.312 e. The standard InChI is InChI=1S/C25H37N5O5S/c1-6-8-13-36-22(18(31)21(33)27-12-7-2)29-20(32)17-16-11-9-10-15(16)14-30(17)23(34)19(25(3,4)5)28-24(26)35/h1,7,15-17,19,22H,2,8-14H2,3-5H3,(H,27,33)(H,29,32)(H3,26,28,35)/t15-,16-,17-,19+,22?/m0/s1. The number of hydrogen-bond donors (Lipinski definition) is 4. The SMILES string of the molecule is C#CCCSC(NC(=O)[C@@H]1[C@H]2CCC[C@H]2CN1C(=O)[C@@H](NC(N)=O)C(C)(C)C)C(=O)C(=O)NCC=C. The highest BCUT2D eigenvalue weighted by molar-refractivity contribution is 8.00. The van der Waals surface area contributed by atoms with Crippen LogP contribution in [0.1, 0.15) is 46.5 Å². The number of ketones is 1. The molecule has 5 N–H and O–H groups in total. The molecule has 198 valence electrons. The van der Waals surface area contributed by atoms with Gasteiger partial charge in [0.15, 0.2) is 0 Å². The summed E-state index contributed by atoms with van der Waals surface area (Å²) in [6.07, 6.45) is 9.69. The van der Waals surface area contributed by atoms with E-state index in [0.29, 0.717) is 18.7 Å². The Balaban J connectivity index is 2.30. The molecule has 0 bridgehead atoms. The molecule has 2 fully saturated rings. The van der Waals surface area contributed by atoms with Crippen molar-refractivity contribution in [2.24, 2.45) is 23.0 Å². The van der Waals surface area contributed by atoms with Gasteiger partial charge in [-0.2, -0.15) is 0 Å². The van der Waals surface area contributed by atoms with E-state index in [1.807, 2.05) is 0 Å². The number of amides is 5. The van der Waals surface area contributed by atoms with Crippen LogP contribution in [0.25, 0.3) is 0 Å². The summed E-state index contributed by atoms with van der Waals surface area (Å²) in [7, 11) is 0. The minimum absolute atomic E-state index is 0.0794. The second kappa shape index (κ2) is 12.8. The van der Waals surface area contributed by atoms with Gasteiger partial charge < -0.3 is 26.6 Å². The highest BCUT2D eigenvalue weighted by atomic mass is 32.2. The molecule has 5 amide bonds. The zero-order chi connectivity index (χ0) is 27.0. The number of thioether (sulfide) groups is 1. The lowest BCUT2D eigenvalue weighted by atomic mass is 9.85. The summed E-state index contributed by atoms with van der Waals surface area (Å²) < 4.78 is 0. The summed E-state index contributed by atoms with van der Waals surface area (Å²) in [6.45, 7) is 9.39. The van der Waals surface area contributed by atoms with Crippen LogP contribution in [0.5, 0.6) is 0 Å². The molecule has 0 spiro atoms. The number of nitrogens with one attached hydrogen (secondary N) is 3. The number of carbonyl (C=O) groups excluding carboxylic acids is 5. The lowest BCUT2D eigenvalue weighted by Gasteiger charge is -2.36. The molecule has 5 atom stereocenters. The van der Waals surface area contributed by atoms with E-state index >= 15 is 0 Å². The van der Waals surface area contributed by atoms with E-state index in [1.165, 1.54) is 11.0 Å². The van der Waals surface area contributed by atoms with Gasteiger partial charge in [0, 0.05) is 25.3 Å². The Morgan fingerprint density at radius 1 is 1.22 bits per heavy atom. The molecule has 0 aromatic carbocycles. The van der Waals surface area contributed by atoms with Crippen molar-refractivity contribution in [2.75, 3.05) is 18.8 Å². The first-order valence-corrected chi connectivity index (χ1v) is 13.1. The number of Topliss-reactive ketones (excluding diaryl/α,β-unsaturated/α-hetero) is 1. The summed E-state index contributed by atoms with van der Waals surface area (Å²) in [5.74, 6) is 0.326. The lowest BCUT2D eigenvalue weighted by molar-refractivity contribution is -0.143. The van der Waals surface area contributed by atoms with Crippen molar-refractivity contribution in [1.29, 1.82) is 0 Å². The molecule has 36 heavy (non-hydrogen) atoms. The number of terminal acetylenes is 1. The monoisotopic (exact) mass is 519 g/mol. The molecule has 1 aliphatic carbocycles. The second-order valence-corrected chi connectivity index (χ2v) is 11.4. The van der Waals surface area contributed by atoms with Crippen molar-refractivity contribution >= 4 is 41.3 Å². The second-order valence-electron chi connectivity index (χ2n) is 10.2. The number of rotatable bonds is 11. The summed E-state index contributed by atoms with van der Waals surface area (Å²) in [5, 5.41) is 6.51. The Morgan fingerprint density at radius 3 is 2.50 bits per heavy atom. The molecule has 11 heteroatoms. The molecule has 2 aliphatic rings. The number of hydrogen-bond acceptors (Lipinski definition) is 6. The van der Waals surface area contributed by atoms with E-state index < -0.39 is 52.4 Å². The Morgan fingerprint density at radius 2 is 1.92 bits per heavy atom. The Labute approximate surface area is 216 Å². The molecule has 1 unspecified atom stereocenters. The van der Waals surface area contributed by atoms with Crippen LogP contribution in [0.3, 0.4) is 0 Å². The maximum atomic E-state index is 13.6. The third kappa shape index (κ3) is 7.26. The molecule has 1 heterocycles. The van der Waals surface area contributed by atoms with E-state index in [4.69, 9.17) is 12.2 Å². The number of nitrogens with zero attached hydrogens (tertiary/aromatic N) is 1. The summed E-state index contributed by atoms with van der Waals surface area (Å²) in [4.78, 5) is 65.5. The topological polar surface area (TPSA) is 151 Å². The summed E-state index contributed by atoms with van der Waals surface area (Å²) in [5.41, 5.74) is 4.68. The van der Waals surface area contributed by atoms with Crippen LogP contribution in [-0.2, 0) is 19.2 Å². The van der Waals surface area contributed by atoms with Gasteiger partial charge in [-0.15, -0.1) is 30.7 Å². The van der Waals surface area contributed by atoms with Crippen LogP contribution < -0.4 is 21.7 Å². The number of fused-ring (bicyclic) bond motifs is 1. The van der Waals surface area contributed by atoms with Crippen molar-refractivity contribution in [3.63, 3.8) is 0 Å². The largest absolute Gasteiger partial charge is 0.352 e. The van der Waals surface area contributed by atoms with Crippen molar-refractivity contribution in [3.05, 3.63) is 12.7 Å². The van der Waals surface area contributed by atoms with Crippen molar-refractivity contribution in [1.82, 2.24) is 20.9 Å². The van der Waals surface area contributed by atoms with Crippen LogP contribution in [0.4, 0.5) is 4.79 Å². The maximum absolute atomic E-state index is 13.6. The quantitative estimate of drug-likeness (QED) is 0.104. The van der Waals surface area contributed by atoms with Crippen LogP contribution >= 0.6 is 11.8 Å².